The molecule has 2 aromatic carbocycles. The van der Waals surface area contributed by atoms with Gasteiger partial charge in [-0.2, -0.15) is 5.26 Å². The van der Waals surface area contributed by atoms with Crippen molar-refractivity contribution in [3.63, 3.8) is 0 Å². The number of halogens is 4. The van der Waals surface area contributed by atoms with Gasteiger partial charge in [0.15, 0.2) is 0 Å². The zero-order chi connectivity index (χ0) is 23.1. The summed E-state index contributed by atoms with van der Waals surface area (Å²) in [6.45, 7) is 5.79. The summed E-state index contributed by atoms with van der Waals surface area (Å²) in [4.78, 5) is 12.2. The SMILES string of the molecule is CC(C)(C)C[C@H]1NC(C(=O)O)C(c2cccc(Cl)c2F)[C@]1(C#N)c1ccc(Cl)cc1F. The average Bonchev–Trinajstić information content (AvgIpc) is 2.97. The molecule has 1 fully saturated rings. The van der Waals surface area contributed by atoms with Gasteiger partial charge in [-0.05, 0) is 35.6 Å². The van der Waals surface area contributed by atoms with Gasteiger partial charge >= 0.3 is 5.97 Å². The molecule has 2 aromatic rings. The molecule has 1 saturated heterocycles. The third kappa shape index (κ3) is 4.15. The molecular formula is C23H22Cl2F2N2O2. The lowest BCUT2D eigenvalue weighted by atomic mass is 9.62. The zero-order valence-corrected chi connectivity index (χ0v) is 18.7. The van der Waals surface area contributed by atoms with Crippen molar-refractivity contribution in [2.24, 2.45) is 5.41 Å². The largest absolute Gasteiger partial charge is 0.480 e. The molecule has 1 aliphatic heterocycles. The second-order valence-electron chi connectivity index (χ2n) is 9.03. The number of carboxylic acids is 1. The van der Waals surface area contributed by atoms with Crippen LogP contribution in [0.15, 0.2) is 36.4 Å². The Morgan fingerprint density at radius 2 is 1.94 bits per heavy atom. The quantitative estimate of drug-likeness (QED) is 0.607. The van der Waals surface area contributed by atoms with E-state index in [9.17, 15) is 15.2 Å². The lowest BCUT2D eigenvalue weighted by Crippen LogP contribution is -2.44. The van der Waals surface area contributed by atoms with Crippen LogP contribution in [-0.2, 0) is 10.2 Å². The predicted molar refractivity (Wildman–Crippen MR) is 115 cm³/mol. The first kappa shape index (κ1) is 23.5. The molecule has 1 aliphatic rings. The van der Waals surface area contributed by atoms with E-state index in [0.29, 0.717) is 6.42 Å². The molecule has 0 aromatic heterocycles. The Morgan fingerprint density at radius 3 is 2.48 bits per heavy atom. The lowest BCUT2D eigenvalue weighted by Gasteiger charge is -2.37. The van der Waals surface area contributed by atoms with E-state index in [4.69, 9.17) is 23.2 Å². The fourth-order valence-corrected chi connectivity index (χ4v) is 4.88. The maximum absolute atomic E-state index is 15.2. The van der Waals surface area contributed by atoms with Crippen LogP contribution in [0.3, 0.4) is 0 Å². The van der Waals surface area contributed by atoms with Gasteiger partial charge in [0.25, 0.3) is 0 Å². The third-order valence-corrected chi connectivity index (χ3v) is 6.24. The van der Waals surface area contributed by atoms with Crippen LogP contribution in [0, 0.1) is 28.4 Å². The number of nitrogens with zero attached hydrogens (tertiary/aromatic N) is 1. The van der Waals surface area contributed by atoms with Crippen LogP contribution in [-0.4, -0.2) is 23.2 Å². The summed E-state index contributed by atoms with van der Waals surface area (Å²) in [6, 6.07) is 8.16. The first-order valence-corrected chi connectivity index (χ1v) is 10.5. The van der Waals surface area contributed by atoms with Crippen LogP contribution in [0.4, 0.5) is 8.78 Å². The molecule has 0 saturated carbocycles. The highest BCUT2D eigenvalue weighted by molar-refractivity contribution is 6.31. The number of aliphatic carboxylic acids is 1. The summed E-state index contributed by atoms with van der Waals surface area (Å²) in [5.41, 5.74) is -2.15. The first-order valence-electron chi connectivity index (χ1n) is 9.72. The van der Waals surface area contributed by atoms with Crippen LogP contribution in [0.25, 0.3) is 0 Å². The fraction of sp³-hybridized carbons (Fsp3) is 0.391. The van der Waals surface area contributed by atoms with Crippen LogP contribution in [0.2, 0.25) is 10.0 Å². The molecule has 8 heteroatoms. The van der Waals surface area contributed by atoms with Crippen LogP contribution < -0.4 is 5.32 Å². The highest BCUT2D eigenvalue weighted by Gasteiger charge is 2.61. The van der Waals surface area contributed by atoms with Crippen LogP contribution in [0.5, 0.6) is 0 Å². The van der Waals surface area contributed by atoms with Gasteiger partial charge < -0.3 is 5.11 Å². The summed E-state index contributed by atoms with van der Waals surface area (Å²) in [7, 11) is 0. The second kappa shape index (κ2) is 8.38. The summed E-state index contributed by atoms with van der Waals surface area (Å²) < 4.78 is 30.3. The standard InChI is InChI=1S/C23H22Cl2F2N2O2/c1-22(2,3)10-17-23(11-28,14-8-7-12(24)9-16(14)26)18(20(29-17)21(30)31)13-5-4-6-15(25)19(13)27/h4-9,17-18,20,29H,10H2,1-3H3,(H,30,31)/t17-,18?,20?,23-/m1/s1. The Kier molecular flexibility index (Phi) is 6.35. The van der Waals surface area contributed by atoms with Gasteiger partial charge in [0, 0.05) is 22.5 Å². The summed E-state index contributed by atoms with van der Waals surface area (Å²) in [6.07, 6.45) is 0.338. The Hall–Kier alpha value is -2.20. The van der Waals surface area contributed by atoms with Crippen molar-refractivity contribution in [2.45, 2.75) is 50.6 Å². The number of carboxylic acid groups (broad SMARTS) is 1. The highest BCUT2D eigenvalue weighted by Crippen LogP contribution is 2.52. The second-order valence-corrected chi connectivity index (χ2v) is 9.87. The van der Waals surface area contributed by atoms with E-state index in [1.165, 1.54) is 30.3 Å². The van der Waals surface area contributed by atoms with Gasteiger partial charge in [0.05, 0.1) is 11.1 Å². The lowest BCUT2D eigenvalue weighted by molar-refractivity contribution is -0.139. The number of benzene rings is 2. The maximum Gasteiger partial charge on any atom is 0.321 e. The Labute approximate surface area is 189 Å². The van der Waals surface area contributed by atoms with E-state index in [1.54, 1.807) is 0 Å². The summed E-state index contributed by atoms with van der Waals surface area (Å²) in [5.74, 6) is -4.09. The minimum Gasteiger partial charge on any atom is -0.480 e. The number of rotatable bonds is 4. The summed E-state index contributed by atoms with van der Waals surface area (Å²) >= 11 is 11.9. The molecule has 4 atom stereocenters. The monoisotopic (exact) mass is 466 g/mol. The molecule has 2 N–H and O–H groups in total. The average molecular weight is 467 g/mol. The number of nitriles is 1. The Bertz CT molecular complexity index is 1060. The minimum absolute atomic E-state index is 0.0331. The molecule has 0 spiro atoms. The van der Waals surface area contributed by atoms with Gasteiger partial charge in [-0.25, -0.2) is 8.78 Å². The van der Waals surface area contributed by atoms with Gasteiger partial charge in [-0.15, -0.1) is 0 Å². The molecule has 4 nitrogen and oxygen atoms in total. The van der Waals surface area contributed by atoms with Crippen molar-refractivity contribution in [3.05, 3.63) is 69.2 Å². The predicted octanol–water partition coefficient (Wildman–Crippen LogP) is 5.68. The van der Waals surface area contributed by atoms with Gasteiger partial charge in [0.1, 0.15) is 23.1 Å². The van der Waals surface area contributed by atoms with E-state index in [2.05, 4.69) is 11.4 Å². The van der Waals surface area contributed by atoms with Gasteiger partial charge in [-0.3, -0.25) is 10.1 Å². The minimum atomic E-state index is -1.73. The van der Waals surface area contributed by atoms with Crippen molar-refractivity contribution in [1.82, 2.24) is 5.32 Å². The van der Waals surface area contributed by atoms with E-state index >= 15 is 8.78 Å². The van der Waals surface area contributed by atoms with E-state index in [0.717, 1.165) is 6.07 Å². The molecule has 0 bridgehead atoms. The Morgan fingerprint density at radius 1 is 1.26 bits per heavy atom. The van der Waals surface area contributed by atoms with Gasteiger partial charge in [0.2, 0.25) is 0 Å². The van der Waals surface area contributed by atoms with E-state index in [1.807, 2.05) is 20.8 Å². The maximum atomic E-state index is 15.2. The van der Waals surface area contributed by atoms with Crippen molar-refractivity contribution >= 4 is 29.2 Å². The number of carbonyl (C=O) groups is 1. The van der Waals surface area contributed by atoms with Crippen molar-refractivity contribution in [3.8, 4) is 6.07 Å². The molecular weight excluding hydrogens is 445 g/mol. The molecule has 0 radical (unpaired) electrons. The third-order valence-electron chi connectivity index (χ3n) is 5.72. The number of nitrogens with one attached hydrogen (secondary N) is 1. The molecule has 2 unspecified atom stereocenters. The molecule has 0 amide bonds. The summed E-state index contributed by atoms with van der Waals surface area (Å²) in [5, 5.41) is 23.4. The molecule has 3 rings (SSSR count). The van der Waals surface area contributed by atoms with Crippen LogP contribution >= 0.6 is 23.2 Å². The smallest absolute Gasteiger partial charge is 0.321 e. The number of hydrogen-bond acceptors (Lipinski definition) is 3. The van der Waals surface area contributed by atoms with Gasteiger partial charge in [-0.1, -0.05) is 62.2 Å². The molecule has 164 valence electrons. The normalized spacial score (nSPS) is 25.9. The van der Waals surface area contributed by atoms with Crippen molar-refractivity contribution < 1.29 is 18.7 Å². The highest BCUT2D eigenvalue weighted by atomic mass is 35.5. The fourth-order valence-electron chi connectivity index (χ4n) is 4.54. The zero-order valence-electron chi connectivity index (χ0n) is 17.2. The van der Waals surface area contributed by atoms with E-state index in [-0.39, 0.29) is 26.6 Å². The first-order chi connectivity index (χ1) is 14.4. The number of hydrogen-bond donors (Lipinski definition) is 2. The van der Waals surface area contributed by atoms with Crippen LogP contribution in [0.1, 0.15) is 44.2 Å². The molecule has 1 heterocycles. The molecule has 0 aliphatic carbocycles. The van der Waals surface area contributed by atoms with E-state index < -0.39 is 41.0 Å². The topological polar surface area (TPSA) is 73.1 Å². The van der Waals surface area contributed by atoms with Crippen molar-refractivity contribution in [2.75, 3.05) is 0 Å². The van der Waals surface area contributed by atoms with Crippen molar-refractivity contribution in [1.29, 1.82) is 5.26 Å². The molecule has 31 heavy (non-hydrogen) atoms. The Balaban J connectivity index is 2.38.